The Morgan fingerprint density at radius 3 is 2.56 bits per heavy atom. The Bertz CT molecular complexity index is 543. The minimum absolute atomic E-state index is 0.389. The topological polar surface area (TPSA) is 49.2 Å². The molecule has 2 aromatic rings. The van der Waals surface area contributed by atoms with Gasteiger partial charge in [-0.25, -0.2) is 13.5 Å². The molecule has 0 saturated carbocycles. The maximum absolute atomic E-state index is 12.5. The van der Waals surface area contributed by atoms with Gasteiger partial charge >= 0.3 is 0 Å². The molecule has 0 amide bonds. The van der Waals surface area contributed by atoms with Crippen molar-refractivity contribution in [3.8, 4) is 17.2 Å². The van der Waals surface area contributed by atoms with Gasteiger partial charge in [-0.1, -0.05) is 5.21 Å². The first-order valence-corrected chi connectivity index (χ1v) is 5.08. The largest absolute Gasteiger partial charge is 0.497 e. The van der Waals surface area contributed by atoms with E-state index in [2.05, 4.69) is 10.3 Å². The average Bonchev–Trinajstić information content (AvgIpc) is 2.87. The van der Waals surface area contributed by atoms with Crippen LogP contribution in [-0.4, -0.2) is 29.2 Å². The summed E-state index contributed by atoms with van der Waals surface area (Å²) in [7, 11) is 2.99. The molecule has 0 bridgehead atoms. The lowest BCUT2D eigenvalue weighted by Gasteiger charge is -2.09. The van der Waals surface area contributed by atoms with Crippen LogP contribution in [0.1, 0.15) is 12.1 Å². The van der Waals surface area contributed by atoms with Crippen LogP contribution < -0.4 is 9.47 Å². The fraction of sp³-hybridized carbons (Fsp3) is 0.273. The molecule has 1 aromatic carbocycles. The van der Waals surface area contributed by atoms with Crippen molar-refractivity contribution in [3.05, 3.63) is 30.1 Å². The van der Waals surface area contributed by atoms with E-state index in [0.717, 1.165) is 6.20 Å². The van der Waals surface area contributed by atoms with Gasteiger partial charge in [0.15, 0.2) is 0 Å². The molecule has 0 unspecified atom stereocenters. The third kappa shape index (κ3) is 2.24. The fourth-order valence-electron chi connectivity index (χ4n) is 1.47. The Kier molecular flexibility index (Phi) is 3.40. The van der Waals surface area contributed by atoms with E-state index in [1.54, 1.807) is 18.2 Å². The first-order chi connectivity index (χ1) is 8.65. The number of methoxy groups -OCH3 is 2. The molecule has 0 spiro atoms. The lowest BCUT2D eigenvalue weighted by molar-refractivity contribution is 0.146. The van der Waals surface area contributed by atoms with Crippen molar-refractivity contribution in [2.24, 2.45) is 0 Å². The van der Waals surface area contributed by atoms with Gasteiger partial charge in [-0.3, -0.25) is 0 Å². The maximum Gasteiger partial charge on any atom is 0.283 e. The number of alkyl halides is 2. The van der Waals surface area contributed by atoms with Crippen LogP contribution in [0.15, 0.2) is 24.4 Å². The van der Waals surface area contributed by atoms with E-state index in [1.165, 1.54) is 18.9 Å². The number of rotatable bonds is 4. The second kappa shape index (κ2) is 4.99. The Balaban J connectivity index is 2.46. The molecule has 0 fully saturated rings. The zero-order chi connectivity index (χ0) is 13.1. The monoisotopic (exact) mass is 255 g/mol. The molecule has 2 rings (SSSR count). The van der Waals surface area contributed by atoms with Gasteiger partial charge in [0.05, 0.1) is 20.4 Å². The van der Waals surface area contributed by atoms with Crippen LogP contribution in [0, 0.1) is 0 Å². The summed E-state index contributed by atoms with van der Waals surface area (Å²) < 4.78 is 36.3. The Hall–Kier alpha value is -2.18. The predicted octanol–water partition coefficient (Wildman–Crippen LogP) is 2.22. The second-order valence-electron chi connectivity index (χ2n) is 3.43. The van der Waals surface area contributed by atoms with Crippen molar-refractivity contribution in [2.45, 2.75) is 6.43 Å². The standard InChI is InChI=1S/C11H11F2N3O2/c1-17-7-3-4-10(18-2)9(5-7)16-6-8(11(12)13)14-15-16/h3-6,11H,1-2H3. The summed E-state index contributed by atoms with van der Waals surface area (Å²) in [6.07, 6.45) is -1.50. The highest BCUT2D eigenvalue weighted by Crippen LogP contribution is 2.27. The molecule has 96 valence electrons. The van der Waals surface area contributed by atoms with Crippen molar-refractivity contribution < 1.29 is 18.3 Å². The molecule has 1 aromatic heterocycles. The summed E-state index contributed by atoms with van der Waals surface area (Å²) >= 11 is 0. The normalized spacial score (nSPS) is 10.7. The van der Waals surface area contributed by atoms with E-state index in [4.69, 9.17) is 9.47 Å². The van der Waals surface area contributed by atoms with E-state index < -0.39 is 6.43 Å². The quantitative estimate of drug-likeness (QED) is 0.840. The molecule has 0 aliphatic heterocycles. The van der Waals surface area contributed by atoms with E-state index in [1.807, 2.05) is 0 Å². The van der Waals surface area contributed by atoms with Gasteiger partial charge in [0, 0.05) is 6.07 Å². The number of ether oxygens (including phenoxy) is 2. The van der Waals surface area contributed by atoms with Crippen LogP contribution in [0.25, 0.3) is 5.69 Å². The molecule has 0 aliphatic rings. The number of benzene rings is 1. The molecular weight excluding hydrogens is 244 g/mol. The number of hydrogen-bond acceptors (Lipinski definition) is 4. The minimum atomic E-state index is -2.66. The fourth-order valence-corrected chi connectivity index (χ4v) is 1.47. The lowest BCUT2D eigenvalue weighted by Crippen LogP contribution is -1.99. The number of aromatic nitrogens is 3. The van der Waals surface area contributed by atoms with Crippen LogP contribution in [0.2, 0.25) is 0 Å². The van der Waals surface area contributed by atoms with E-state index in [0.29, 0.717) is 17.2 Å². The van der Waals surface area contributed by atoms with Crippen molar-refractivity contribution in [1.82, 2.24) is 15.0 Å². The van der Waals surface area contributed by atoms with Crippen LogP contribution in [-0.2, 0) is 0 Å². The molecule has 7 heteroatoms. The molecule has 0 aliphatic carbocycles. The molecule has 0 atom stereocenters. The molecule has 1 heterocycles. The summed E-state index contributed by atoms with van der Waals surface area (Å²) in [6, 6.07) is 4.99. The predicted molar refractivity (Wildman–Crippen MR) is 59.4 cm³/mol. The molecule has 0 N–H and O–H groups in total. The Labute approximate surface area is 102 Å². The molecule has 5 nitrogen and oxygen atoms in total. The second-order valence-corrected chi connectivity index (χ2v) is 3.43. The van der Waals surface area contributed by atoms with Crippen molar-refractivity contribution in [3.63, 3.8) is 0 Å². The van der Waals surface area contributed by atoms with E-state index >= 15 is 0 Å². The average molecular weight is 255 g/mol. The lowest BCUT2D eigenvalue weighted by atomic mass is 10.2. The first kappa shape index (κ1) is 12.3. The van der Waals surface area contributed by atoms with Crippen LogP contribution in [0.4, 0.5) is 8.78 Å². The molecule has 18 heavy (non-hydrogen) atoms. The van der Waals surface area contributed by atoms with Gasteiger partial charge in [0.25, 0.3) is 6.43 Å². The highest BCUT2D eigenvalue weighted by atomic mass is 19.3. The van der Waals surface area contributed by atoms with Gasteiger partial charge in [0.1, 0.15) is 22.9 Å². The highest BCUT2D eigenvalue weighted by molar-refractivity contribution is 5.50. The molecule has 0 radical (unpaired) electrons. The zero-order valence-corrected chi connectivity index (χ0v) is 9.80. The van der Waals surface area contributed by atoms with Crippen LogP contribution in [0.5, 0.6) is 11.5 Å². The summed E-state index contributed by atoms with van der Waals surface area (Å²) in [5.41, 5.74) is 0.0936. The molecule has 0 saturated heterocycles. The third-order valence-corrected chi connectivity index (χ3v) is 2.37. The van der Waals surface area contributed by atoms with Gasteiger partial charge in [-0.15, -0.1) is 5.10 Å². The summed E-state index contributed by atoms with van der Waals surface area (Å²) in [6.45, 7) is 0. The minimum Gasteiger partial charge on any atom is -0.497 e. The van der Waals surface area contributed by atoms with Crippen molar-refractivity contribution >= 4 is 0 Å². The van der Waals surface area contributed by atoms with E-state index in [-0.39, 0.29) is 5.69 Å². The summed E-state index contributed by atoms with van der Waals surface area (Å²) in [5, 5.41) is 7.03. The number of nitrogens with zero attached hydrogens (tertiary/aromatic N) is 3. The first-order valence-electron chi connectivity index (χ1n) is 5.08. The Morgan fingerprint density at radius 1 is 1.22 bits per heavy atom. The Morgan fingerprint density at radius 2 is 2.00 bits per heavy atom. The van der Waals surface area contributed by atoms with E-state index in [9.17, 15) is 8.78 Å². The van der Waals surface area contributed by atoms with Crippen molar-refractivity contribution in [2.75, 3.05) is 14.2 Å². The van der Waals surface area contributed by atoms with Gasteiger partial charge in [0.2, 0.25) is 0 Å². The molecular formula is C11H11F2N3O2. The highest BCUT2D eigenvalue weighted by Gasteiger charge is 2.15. The number of halogens is 2. The van der Waals surface area contributed by atoms with Gasteiger partial charge < -0.3 is 9.47 Å². The maximum atomic E-state index is 12.5. The summed E-state index contributed by atoms with van der Waals surface area (Å²) in [5.74, 6) is 1.06. The number of hydrogen-bond donors (Lipinski definition) is 0. The smallest absolute Gasteiger partial charge is 0.283 e. The summed E-state index contributed by atoms with van der Waals surface area (Å²) in [4.78, 5) is 0. The third-order valence-electron chi connectivity index (χ3n) is 2.37. The SMILES string of the molecule is COc1ccc(OC)c(-n2cc(C(F)F)nn2)c1. The van der Waals surface area contributed by atoms with Crippen molar-refractivity contribution in [1.29, 1.82) is 0 Å². The van der Waals surface area contributed by atoms with Crippen LogP contribution in [0.3, 0.4) is 0 Å². The van der Waals surface area contributed by atoms with Gasteiger partial charge in [-0.2, -0.15) is 0 Å². The van der Waals surface area contributed by atoms with Gasteiger partial charge in [-0.05, 0) is 12.1 Å². The van der Waals surface area contributed by atoms with Crippen LogP contribution >= 0.6 is 0 Å². The zero-order valence-electron chi connectivity index (χ0n) is 9.80.